The minimum absolute atomic E-state index is 0.00275. The van der Waals surface area contributed by atoms with Crippen molar-refractivity contribution in [2.75, 3.05) is 0 Å². The summed E-state index contributed by atoms with van der Waals surface area (Å²) in [6.45, 7) is 3.91. The fraction of sp³-hybridized carbons (Fsp3) is 0.522. The Morgan fingerprint density at radius 3 is 2.63 bits per heavy atom. The van der Waals surface area contributed by atoms with Crippen LogP contribution in [0.2, 0.25) is 0 Å². The minimum atomic E-state index is -0.750. The molecule has 1 aromatic carbocycles. The molecule has 27 heavy (non-hydrogen) atoms. The molecule has 2 rings (SSSR count). The highest BCUT2D eigenvalue weighted by Gasteiger charge is 2.32. The first-order valence-electron chi connectivity index (χ1n) is 9.92. The summed E-state index contributed by atoms with van der Waals surface area (Å²) in [7, 11) is 0. The van der Waals surface area contributed by atoms with Crippen LogP contribution in [0.5, 0.6) is 0 Å². The van der Waals surface area contributed by atoms with Crippen LogP contribution in [0.3, 0.4) is 0 Å². The van der Waals surface area contributed by atoms with Gasteiger partial charge in [0.2, 0.25) is 0 Å². The van der Waals surface area contributed by atoms with Crippen molar-refractivity contribution >= 4 is 17.5 Å². The van der Waals surface area contributed by atoms with Crippen molar-refractivity contribution in [3.63, 3.8) is 0 Å². The highest BCUT2D eigenvalue weighted by molar-refractivity contribution is 6.05. The zero-order valence-electron chi connectivity index (χ0n) is 16.4. The van der Waals surface area contributed by atoms with Gasteiger partial charge in [0.25, 0.3) is 0 Å². The molecule has 0 heterocycles. The Morgan fingerprint density at radius 2 is 1.89 bits per heavy atom. The zero-order chi connectivity index (χ0) is 19.8. The van der Waals surface area contributed by atoms with E-state index in [0.717, 1.165) is 48.8 Å². The number of carboxylic acids is 1. The van der Waals surface area contributed by atoms with E-state index in [2.05, 4.69) is 0 Å². The highest BCUT2D eigenvalue weighted by Crippen LogP contribution is 2.34. The third kappa shape index (κ3) is 6.46. The lowest BCUT2D eigenvalue weighted by atomic mass is 9.89. The Hall–Kier alpha value is -2.23. The molecule has 0 saturated heterocycles. The van der Waals surface area contributed by atoms with Crippen LogP contribution in [0.1, 0.15) is 72.9 Å². The molecule has 1 saturated carbocycles. The number of carbonyl (C=O) groups is 3. The average molecular weight is 370 g/mol. The van der Waals surface area contributed by atoms with Crippen molar-refractivity contribution in [1.29, 1.82) is 0 Å². The topological polar surface area (TPSA) is 71.4 Å². The zero-order valence-corrected chi connectivity index (χ0v) is 16.4. The quantitative estimate of drug-likeness (QED) is 0.355. The molecule has 4 nitrogen and oxygen atoms in total. The summed E-state index contributed by atoms with van der Waals surface area (Å²) in [4.78, 5) is 35.3. The van der Waals surface area contributed by atoms with E-state index >= 15 is 0 Å². The summed E-state index contributed by atoms with van der Waals surface area (Å²) in [5, 5.41) is 8.65. The number of ketones is 2. The Morgan fingerprint density at radius 1 is 1.15 bits per heavy atom. The van der Waals surface area contributed by atoms with Crippen molar-refractivity contribution in [2.24, 2.45) is 11.8 Å². The summed E-state index contributed by atoms with van der Waals surface area (Å²) >= 11 is 0. The molecule has 1 aromatic rings. The Labute approximate surface area is 161 Å². The molecular weight excluding hydrogens is 340 g/mol. The van der Waals surface area contributed by atoms with Gasteiger partial charge in [-0.3, -0.25) is 14.4 Å². The molecule has 0 spiro atoms. The van der Waals surface area contributed by atoms with Gasteiger partial charge >= 0.3 is 5.97 Å². The van der Waals surface area contributed by atoms with Crippen molar-refractivity contribution in [3.05, 3.63) is 47.0 Å². The lowest BCUT2D eigenvalue weighted by Crippen LogP contribution is -2.13. The molecule has 4 heteroatoms. The van der Waals surface area contributed by atoms with Gasteiger partial charge in [0.05, 0.1) is 0 Å². The van der Waals surface area contributed by atoms with Crippen molar-refractivity contribution < 1.29 is 19.5 Å². The maximum Gasteiger partial charge on any atom is 0.303 e. The van der Waals surface area contributed by atoms with Gasteiger partial charge in [-0.2, -0.15) is 0 Å². The summed E-state index contributed by atoms with van der Waals surface area (Å²) < 4.78 is 0. The molecule has 0 amide bonds. The fourth-order valence-electron chi connectivity index (χ4n) is 3.84. The first-order valence-corrected chi connectivity index (χ1v) is 9.92. The van der Waals surface area contributed by atoms with E-state index in [1.165, 1.54) is 0 Å². The predicted molar refractivity (Wildman–Crippen MR) is 106 cm³/mol. The molecule has 0 radical (unpaired) electrons. The van der Waals surface area contributed by atoms with E-state index in [1.54, 1.807) is 6.08 Å². The van der Waals surface area contributed by atoms with Crippen LogP contribution >= 0.6 is 0 Å². The predicted octanol–water partition coefficient (Wildman–Crippen LogP) is 5.06. The van der Waals surface area contributed by atoms with Crippen LogP contribution in [0.25, 0.3) is 0 Å². The standard InChI is InChI=1S/C23H30O4/c1-16-9-10-17(2)20(15-16)22(25)14-12-18-11-13-21(24)19(18)7-5-3-4-6-8-23(26)27/h9-10,12,14-15,18-19H,3-8,11,13H2,1-2H3,(H,26,27). The Balaban J connectivity index is 1.87. The number of aryl methyl sites for hydroxylation is 2. The van der Waals surface area contributed by atoms with Crippen molar-refractivity contribution in [2.45, 2.75) is 65.2 Å². The van der Waals surface area contributed by atoms with Crippen LogP contribution in [-0.2, 0) is 9.59 Å². The van der Waals surface area contributed by atoms with Gasteiger partial charge in [-0.15, -0.1) is 0 Å². The smallest absolute Gasteiger partial charge is 0.303 e. The first kappa shape index (κ1) is 21.1. The number of carboxylic acid groups (broad SMARTS) is 1. The second-order valence-corrected chi connectivity index (χ2v) is 7.66. The lowest BCUT2D eigenvalue weighted by molar-refractivity contribution is -0.137. The molecule has 2 atom stereocenters. The van der Waals surface area contributed by atoms with Crippen LogP contribution in [-0.4, -0.2) is 22.6 Å². The average Bonchev–Trinajstić information content (AvgIpc) is 2.97. The number of aliphatic carboxylic acids is 1. The fourth-order valence-corrected chi connectivity index (χ4v) is 3.84. The van der Waals surface area contributed by atoms with Gasteiger partial charge in [0.15, 0.2) is 5.78 Å². The first-order chi connectivity index (χ1) is 12.9. The van der Waals surface area contributed by atoms with Crippen LogP contribution in [0, 0.1) is 25.7 Å². The molecule has 1 aliphatic rings. The number of allylic oxidation sites excluding steroid dienone is 2. The third-order valence-corrected chi connectivity index (χ3v) is 5.46. The van der Waals surface area contributed by atoms with E-state index in [1.807, 2.05) is 38.1 Å². The van der Waals surface area contributed by atoms with Crippen molar-refractivity contribution in [1.82, 2.24) is 0 Å². The summed E-state index contributed by atoms with van der Waals surface area (Å²) in [6.07, 6.45) is 9.51. The van der Waals surface area contributed by atoms with Crippen molar-refractivity contribution in [3.8, 4) is 0 Å². The number of unbranched alkanes of at least 4 members (excludes halogenated alkanes) is 3. The number of benzene rings is 1. The maximum absolute atomic E-state index is 12.5. The van der Waals surface area contributed by atoms with E-state index in [-0.39, 0.29) is 24.0 Å². The molecule has 1 N–H and O–H groups in total. The number of hydrogen-bond acceptors (Lipinski definition) is 3. The van der Waals surface area contributed by atoms with Gasteiger partial charge in [0.1, 0.15) is 5.78 Å². The molecule has 0 aliphatic heterocycles. The highest BCUT2D eigenvalue weighted by atomic mass is 16.4. The molecule has 2 unspecified atom stereocenters. The van der Waals surface area contributed by atoms with E-state index in [9.17, 15) is 14.4 Å². The lowest BCUT2D eigenvalue weighted by Gasteiger charge is -2.14. The molecule has 1 fully saturated rings. The van der Waals surface area contributed by atoms with Crippen LogP contribution in [0.15, 0.2) is 30.4 Å². The SMILES string of the molecule is Cc1ccc(C)c(C(=O)C=CC2CCC(=O)C2CCCCCCC(=O)O)c1. The summed E-state index contributed by atoms with van der Waals surface area (Å²) in [6, 6.07) is 5.87. The summed E-state index contributed by atoms with van der Waals surface area (Å²) in [5.74, 6) is -0.297. The van der Waals surface area contributed by atoms with E-state index < -0.39 is 5.97 Å². The molecular formula is C23H30O4. The largest absolute Gasteiger partial charge is 0.481 e. The van der Waals surface area contributed by atoms with Gasteiger partial charge in [-0.1, -0.05) is 43.0 Å². The molecule has 0 bridgehead atoms. The third-order valence-electron chi connectivity index (χ3n) is 5.46. The Bertz CT molecular complexity index is 717. The number of hydrogen-bond donors (Lipinski definition) is 1. The second-order valence-electron chi connectivity index (χ2n) is 7.66. The van der Waals surface area contributed by atoms with Gasteiger partial charge in [0, 0.05) is 24.3 Å². The number of carbonyl (C=O) groups excluding carboxylic acids is 2. The van der Waals surface area contributed by atoms with E-state index in [0.29, 0.717) is 18.6 Å². The second kappa shape index (κ2) is 10.2. The van der Waals surface area contributed by atoms with Crippen LogP contribution < -0.4 is 0 Å². The monoisotopic (exact) mass is 370 g/mol. The molecule has 0 aromatic heterocycles. The molecule has 1 aliphatic carbocycles. The number of Topliss-reactive ketones (excluding diaryl/α,β-unsaturated/α-hetero) is 1. The van der Waals surface area contributed by atoms with E-state index in [4.69, 9.17) is 5.11 Å². The van der Waals surface area contributed by atoms with Gasteiger partial charge in [-0.05, 0) is 56.7 Å². The van der Waals surface area contributed by atoms with Crippen LogP contribution in [0.4, 0.5) is 0 Å². The normalized spacial score (nSPS) is 19.7. The molecule has 146 valence electrons. The maximum atomic E-state index is 12.5. The minimum Gasteiger partial charge on any atom is -0.481 e. The summed E-state index contributed by atoms with van der Waals surface area (Å²) in [5.41, 5.74) is 2.76. The Kier molecular flexibility index (Phi) is 7.96. The van der Waals surface area contributed by atoms with Gasteiger partial charge < -0.3 is 5.11 Å². The number of rotatable bonds is 10. The van der Waals surface area contributed by atoms with Gasteiger partial charge in [-0.25, -0.2) is 0 Å².